The Morgan fingerprint density at radius 1 is 1.27 bits per heavy atom. The molecule has 3 aromatic rings. The Morgan fingerprint density at radius 3 is 2.57 bits per heavy atom. The number of hydrogen-bond donors (Lipinski definition) is 2. The van der Waals surface area contributed by atoms with E-state index in [0.717, 1.165) is 31.6 Å². The Kier molecular flexibility index (Phi) is 8.20. The SMILES string of the molecule is [B]c1cc(N(CCC)CCC)ccc1-c1nc2cc(OC(CC)[C@@]3([B])OCC(O)[C@H]3C)[nH]c2cc1C#N. The molecule has 1 aromatic carbocycles. The molecule has 4 rings (SSSR count). The van der Waals surface area contributed by atoms with Gasteiger partial charge in [-0.15, -0.1) is 0 Å². The molecule has 190 valence electrons. The minimum atomic E-state index is -1.11. The summed E-state index contributed by atoms with van der Waals surface area (Å²) in [5.41, 5.74) is 3.51. The third-order valence-corrected chi connectivity index (χ3v) is 7.28. The van der Waals surface area contributed by atoms with Crippen LogP contribution in [-0.2, 0) is 4.74 Å². The van der Waals surface area contributed by atoms with Gasteiger partial charge in [-0.25, -0.2) is 4.98 Å². The number of aliphatic hydroxyl groups is 1. The summed E-state index contributed by atoms with van der Waals surface area (Å²) < 4.78 is 12.0. The van der Waals surface area contributed by atoms with Crippen LogP contribution in [0.5, 0.6) is 5.88 Å². The van der Waals surface area contributed by atoms with Crippen molar-refractivity contribution in [2.45, 2.75) is 64.7 Å². The third-order valence-electron chi connectivity index (χ3n) is 7.28. The summed E-state index contributed by atoms with van der Waals surface area (Å²) in [5, 5.41) is 20.0. The van der Waals surface area contributed by atoms with Gasteiger partial charge in [0.05, 0.1) is 40.5 Å². The largest absolute Gasteiger partial charge is 0.473 e. The Bertz CT molecular complexity index is 1280. The average Bonchev–Trinajstić information content (AvgIpc) is 3.41. The van der Waals surface area contributed by atoms with Crippen molar-refractivity contribution in [3.05, 3.63) is 35.9 Å². The molecule has 7 nitrogen and oxygen atoms in total. The number of nitrogens with zero attached hydrogens (tertiary/aromatic N) is 3. The van der Waals surface area contributed by atoms with Crippen LogP contribution in [0.2, 0.25) is 0 Å². The lowest BCUT2D eigenvalue weighted by molar-refractivity contribution is -0.0396. The smallest absolute Gasteiger partial charge is 0.193 e. The number of anilines is 1. The molecule has 0 saturated carbocycles. The summed E-state index contributed by atoms with van der Waals surface area (Å²) in [7, 11) is 13.0. The van der Waals surface area contributed by atoms with Crippen molar-refractivity contribution < 1.29 is 14.6 Å². The molecule has 2 N–H and O–H groups in total. The van der Waals surface area contributed by atoms with Crippen LogP contribution in [-0.4, -0.2) is 68.2 Å². The highest BCUT2D eigenvalue weighted by atomic mass is 16.6. The van der Waals surface area contributed by atoms with Crippen LogP contribution in [0.15, 0.2) is 30.3 Å². The quantitative estimate of drug-likeness (QED) is 0.417. The lowest BCUT2D eigenvalue weighted by Crippen LogP contribution is -2.51. The van der Waals surface area contributed by atoms with Gasteiger partial charge in [0, 0.05) is 30.8 Å². The second kappa shape index (κ2) is 11.2. The molecule has 4 atom stereocenters. The van der Waals surface area contributed by atoms with Crippen LogP contribution in [0.1, 0.15) is 52.5 Å². The fourth-order valence-electron chi connectivity index (χ4n) is 5.10. The predicted octanol–water partition coefficient (Wildman–Crippen LogP) is 3.57. The number of hydrogen-bond acceptors (Lipinski definition) is 6. The number of nitriles is 1. The molecule has 1 aliphatic rings. The van der Waals surface area contributed by atoms with Gasteiger partial charge in [-0.1, -0.05) is 39.2 Å². The van der Waals surface area contributed by atoms with Crippen LogP contribution in [0.25, 0.3) is 22.3 Å². The molecule has 0 spiro atoms. The number of aromatic amines is 1. The number of rotatable bonds is 10. The molecule has 37 heavy (non-hydrogen) atoms. The molecule has 1 saturated heterocycles. The minimum absolute atomic E-state index is 0.176. The van der Waals surface area contributed by atoms with Gasteiger partial charge in [-0.2, -0.15) is 5.26 Å². The van der Waals surface area contributed by atoms with Crippen molar-refractivity contribution in [1.82, 2.24) is 9.97 Å². The van der Waals surface area contributed by atoms with Gasteiger partial charge in [0.25, 0.3) is 0 Å². The number of aromatic nitrogens is 2. The van der Waals surface area contributed by atoms with E-state index in [1.807, 2.05) is 32.0 Å². The van der Waals surface area contributed by atoms with Crippen LogP contribution in [0.4, 0.5) is 5.69 Å². The van der Waals surface area contributed by atoms with Gasteiger partial charge in [0.1, 0.15) is 27.9 Å². The van der Waals surface area contributed by atoms with Crippen molar-refractivity contribution in [2.24, 2.45) is 5.92 Å². The monoisotopic (exact) mass is 496 g/mol. The van der Waals surface area contributed by atoms with Gasteiger partial charge < -0.3 is 24.5 Å². The number of benzene rings is 1. The number of ether oxygens (including phenoxy) is 2. The standard InChI is InChI=1S/C28H34B2N4O3/c1-5-10-34(11-6-2)19-8-9-20(21(29)13-19)27-18(15-31)12-22-23(33-27)14-26(32-22)37-25(7-3)28(30)17(4)24(35)16-36-28/h8-9,12-14,17,24-25,32,35H,5-7,10-11,16H2,1-4H3/t17-,24?,25?,28+/m1/s1. The molecule has 1 aliphatic heterocycles. The summed E-state index contributed by atoms with van der Waals surface area (Å²) in [6.45, 7) is 10.2. The van der Waals surface area contributed by atoms with Gasteiger partial charge in [-0.3, -0.25) is 0 Å². The molecule has 1 fully saturated rings. The maximum absolute atomic E-state index is 10.2. The highest BCUT2D eigenvalue weighted by Crippen LogP contribution is 2.36. The normalized spacial score (nSPS) is 22.2. The molecule has 0 amide bonds. The van der Waals surface area contributed by atoms with E-state index in [2.05, 4.69) is 29.8 Å². The van der Waals surface area contributed by atoms with E-state index < -0.39 is 17.7 Å². The summed E-state index contributed by atoms with van der Waals surface area (Å²) in [4.78, 5) is 10.3. The first-order valence-corrected chi connectivity index (χ1v) is 13.1. The molecule has 2 aromatic heterocycles. The van der Waals surface area contributed by atoms with E-state index in [9.17, 15) is 10.4 Å². The minimum Gasteiger partial charge on any atom is -0.473 e. The Balaban J connectivity index is 1.66. The van der Waals surface area contributed by atoms with Crippen LogP contribution >= 0.6 is 0 Å². The van der Waals surface area contributed by atoms with Gasteiger partial charge in [0.2, 0.25) is 0 Å². The average molecular weight is 496 g/mol. The molecular formula is C28H34B2N4O3. The van der Waals surface area contributed by atoms with Crippen molar-refractivity contribution in [1.29, 1.82) is 5.26 Å². The summed E-state index contributed by atoms with van der Waals surface area (Å²) in [6, 6.07) is 11.7. The van der Waals surface area contributed by atoms with E-state index in [4.69, 9.17) is 30.2 Å². The highest BCUT2D eigenvalue weighted by molar-refractivity contribution is 6.36. The Hall–Kier alpha value is -2.95. The van der Waals surface area contributed by atoms with Crippen LogP contribution in [0, 0.1) is 17.2 Å². The maximum atomic E-state index is 10.2. The van der Waals surface area contributed by atoms with Crippen molar-refractivity contribution in [2.75, 3.05) is 24.6 Å². The Labute approximate surface area is 222 Å². The fraction of sp³-hybridized carbons (Fsp3) is 0.500. The lowest BCUT2D eigenvalue weighted by Gasteiger charge is -2.37. The maximum Gasteiger partial charge on any atom is 0.193 e. The van der Waals surface area contributed by atoms with Crippen molar-refractivity contribution in [3.8, 4) is 23.2 Å². The van der Waals surface area contributed by atoms with E-state index in [0.29, 0.717) is 45.6 Å². The molecule has 0 bridgehead atoms. The number of pyridine rings is 1. The lowest BCUT2D eigenvalue weighted by atomic mass is 9.67. The van der Waals surface area contributed by atoms with Crippen LogP contribution < -0.4 is 15.1 Å². The molecule has 2 unspecified atom stereocenters. The van der Waals surface area contributed by atoms with Crippen LogP contribution in [0.3, 0.4) is 0 Å². The zero-order valence-corrected chi connectivity index (χ0v) is 22.1. The number of H-pyrrole nitrogens is 1. The Morgan fingerprint density at radius 2 is 2.00 bits per heavy atom. The predicted molar refractivity (Wildman–Crippen MR) is 149 cm³/mol. The highest BCUT2D eigenvalue weighted by Gasteiger charge is 2.48. The van der Waals surface area contributed by atoms with E-state index >= 15 is 0 Å². The first-order valence-electron chi connectivity index (χ1n) is 13.1. The van der Waals surface area contributed by atoms with E-state index in [1.54, 1.807) is 12.1 Å². The zero-order chi connectivity index (χ0) is 26.7. The number of aliphatic hydroxyl groups excluding tert-OH is 1. The summed E-state index contributed by atoms with van der Waals surface area (Å²) >= 11 is 0. The summed E-state index contributed by atoms with van der Waals surface area (Å²) in [6.07, 6.45) is 1.56. The molecule has 9 heteroatoms. The fourth-order valence-corrected chi connectivity index (χ4v) is 5.10. The third kappa shape index (κ3) is 5.23. The van der Waals surface area contributed by atoms with E-state index in [1.165, 1.54) is 0 Å². The molecular weight excluding hydrogens is 462 g/mol. The number of fused-ring (bicyclic) bond motifs is 1. The number of nitrogens with one attached hydrogen (secondary N) is 1. The van der Waals surface area contributed by atoms with Crippen molar-refractivity contribution in [3.63, 3.8) is 0 Å². The van der Waals surface area contributed by atoms with Crippen molar-refractivity contribution >= 4 is 37.9 Å². The second-order valence-corrected chi connectivity index (χ2v) is 9.86. The summed E-state index contributed by atoms with van der Waals surface area (Å²) in [5.74, 6) is 0.184. The second-order valence-electron chi connectivity index (χ2n) is 9.86. The van der Waals surface area contributed by atoms with Gasteiger partial charge in [0.15, 0.2) is 5.88 Å². The first-order chi connectivity index (χ1) is 17.7. The zero-order valence-electron chi connectivity index (χ0n) is 22.1. The van der Waals surface area contributed by atoms with Gasteiger partial charge >= 0.3 is 0 Å². The molecule has 3 heterocycles. The van der Waals surface area contributed by atoms with E-state index in [-0.39, 0.29) is 12.5 Å². The molecule has 0 aliphatic carbocycles. The molecule has 4 radical (unpaired) electrons. The van der Waals surface area contributed by atoms with Gasteiger partial charge in [-0.05, 0) is 43.0 Å². The topological polar surface area (TPSA) is 94.4 Å². The first kappa shape index (κ1) is 27.1.